The molecule has 37 heavy (non-hydrogen) atoms. The van der Waals surface area contributed by atoms with Crippen molar-refractivity contribution in [3.05, 3.63) is 89.9 Å². The number of piperidine rings is 1. The number of aromatic nitrogens is 4. The number of carbonyl (C=O) groups excluding carboxylic acids is 1. The van der Waals surface area contributed by atoms with Crippen LogP contribution in [0.25, 0.3) is 27.8 Å². The number of H-pyrrole nitrogens is 1. The SMILES string of the molecule is CN1C[C@@H](Cc2c(F)cccc2F)C[C@H](NC(=O)c2ccc3[nH]nc(-c4ccn5ccnc5c4)c3c2)C1. The molecule has 9 heteroatoms. The molecule has 1 amide bonds. The first kappa shape index (κ1) is 23.3. The summed E-state index contributed by atoms with van der Waals surface area (Å²) in [5.74, 6) is -1.21. The Morgan fingerprint density at radius 2 is 1.95 bits per heavy atom. The molecule has 1 aliphatic heterocycles. The lowest BCUT2D eigenvalue weighted by Crippen LogP contribution is -2.50. The van der Waals surface area contributed by atoms with E-state index in [0.29, 0.717) is 31.5 Å². The van der Waals surface area contributed by atoms with E-state index in [1.165, 1.54) is 18.2 Å². The molecule has 4 heterocycles. The molecule has 1 saturated heterocycles. The lowest BCUT2D eigenvalue weighted by Gasteiger charge is -2.36. The van der Waals surface area contributed by atoms with Crippen LogP contribution < -0.4 is 5.32 Å². The fraction of sp³-hybridized carbons (Fsp3) is 0.250. The van der Waals surface area contributed by atoms with E-state index in [1.54, 1.807) is 12.3 Å². The van der Waals surface area contributed by atoms with Gasteiger partial charge in [-0.05, 0) is 68.3 Å². The molecule has 0 radical (unpaired) electrons. The van der Waals surface area contributed by atoms with Gasteiger partial charge in [0.1, 0.15) is 23.0 Å². The molecular weight excluding hydrogens is 474 g/mol. The van der Waals surface area contributed by atoms with Crippen LogP contribution in [0.4, 0.5) is 8.78 Å². The summed E-state index contributed by atoms with van der Waals surface area (Å²) in [6.07, 6.45) is 6.49. The molecule has 2 N–H and O–H groups in total. The van der Waals surface area contributed by atoms with Crippen LogP contribution in [0.3, 0.4) is 0 Å². The number of hydrogen-bond donors (Lipinski definition) is 2. The molecule has 0 unspecified atom stereocenters. The van der Waals surface area contributed by atoms with E-state index in [4.69, 9.17) is 0 Å². The van der Waals surface area contributed by atoms with Gasteiger partial charge in [0.2, 0.25) is 0 Å². The average molecular weight is 501 g/mol. The van der Waals surface area contributed by atoms with Crippen molar-refractivity contribution in [2.45, 2.75) is 18.9 Å². The number of nitrogens with zero attached hydrogens (tertiary/aromatic N) is 4. The molecule has 0 aliphatic carbocycles. The third-order valence-electron chi connectivity index (χ3n) is 7.11. The maximum atomic E-state index is 14.2. The molecule has 1 aliphatic rings. The maximum Gasteiger partial charge on any atom is 0.251 e. The van der Waals surface area contributed by atoms with E-state index in [9.17, 15) is 13.6 Å². The fourth-order valence-corrected chi connectivity index (χ4v) is 5.41. The van der Waals surface area contributed by atoms with Crippen molar-refractivity contribution in [1.82, 2.24) is 29.8 Å². The minimum absolute atomic E-state index is 0.0241. The number of nitrogens with one attached hydrogen (secondary N) is 2. The number of benzene rings is 2. The van der Waals surface area contributed by atoms with Crippen LogP contribution in [-0.2, 0) is 6.42 Å². The van der Waals surface area contributed by atoms with Gasteiger partial charge in [-0.3, -0.25) is 9.89 Å². The lowest BCUT2D eigenvalue weighted by atomic mass is 9.88. The number of hydrogen-bond acceptors (Lipinski definition) is 4. The van der Waals surface area contributed by atoms with Crippen LogP contribution in [0.15, 0.2) is 67.1 Å². The third-order valence-corrected chi connectivity index (χ3v) is 7.11. The number of carbonyl (C=O) groups is 1. The van der Waals surface area contributed by atoms with E-state index < -0.39 is 11.6 Å². The second-order valence-electron chi connectivity index (χ2n) is 9.84. The molecule has 2 aromatic carbocycles. The lowest BCUT2D eigenvalue weighted by molar-refractivity contribution is 0.0888. The quantitative estimate of drug-likeness (QED) is 0.374. The van der Waals surface area contributed by atoms with E-state index in [1.807, 2.05) is 48.1 Å². The number of rotatable bonds is 5. The molecule has 2 atom stereocenters. The highest BCUT2D eigenvalue weighted by Gasteiger charge is 2.28. The molecule has 188 valence electrons. The van der Waals surface area contributed by atoms with E-state index in [0.717, 1.165) is 27.8 Å². The Bertz CT molecular complexity index is 1590. The number of pyridine rings is 1. The Morgan fingerprint density at radius 3 is 2.78 bits per heavy atom. The third kappa shape index (κ3) is 4.58. The summed E-state index contributed by atoms with van der Waals surface area (Å²) in [4.78, 5) is 19.7. The van der Waals surface area contributed by atoms with E-state index in [-0.39, 0.29) is 23.4 Å². The molecule has 7 nitrogen and oxygen atoms in total. The van der Waals surface area contributed by atoms with Crippen LogP contribution in [0.1, 0.15) is 22.3 Å². The van der Waals surface area contributed by atoms with Gasteiger partial charge in [0.25, 0.3) is 5.91 Å². The maximum absolute atomic E-state index is 14.2. The van der Waals surface area contributed by atoms with Gasteiger partial charge in [-0.15, -0.1) is 0 Å². The summed E-state index contributed by atoms with van der Waals surface area (Å²) < 4.78 is 30.3. The van der Waals surface area contributed by atoms with Crippen molar-refractivity contribution in [3.63, 3.8) is 0 Å². The van der Waals surface area contributed by atoms with Gasteiger partial charge in [-0.2, -0.15) is 5.10 Å². The van der Waals surface area contributed by atoms with Gasteiger partial charge in [0, 0.05) is 59.8 Å². The van der Waals surface area contributed by atoms with Crippen LogP contribution in [0.2, 0.25) is 0 Å². The first-order valence-electron chi connectivity index (χ1n) is 12.3. The van der Waals surface area contributed by atoms with Gasteiger partial charge < -0.3 is 14.6 Å². The topological polar surface area (TPSA) is 78.3 Å². The van der Waals surface area contributed by atoms with Crippen molar-refractivity contribution in [2.75, 3.05) is 20.1 Å². The van der Waals surface area contributed by atoms with Crippen LogP contribution >= 0.6 is 0 Å². The predicted molar refractivity (Wildman–Crippen MR) is 137 cm³/mol. The zero-order valence-electron chi connectivity index (χ0n) is 20.3. The fourth-order valence-electron chi connectivity index (χ4n) is 5.41. The molecule has 1 fully saturated rings. The summed E-state index contributed by atoms with van der Waals surface area (Å²) in [5, 5.41) is 11.5. The Kier molecular flexibility index (Phi) is 5.92. The van der Waals surface area contributed by atoms with Crippen molar-refractivity contribution < 1.29 is 13.6 Å². The Labute approximate surface area is 212 Å². The number of imidazole rings is 1. The van der Waals surface area contributed by atoms with Gasteiger partial charge in [0.15, 0.2) is 0 Å². The number of fused-ring (bicyclic) bond motifs is 2. The van der Waals surface area contributed by atoms with Gasteiger partial charge in [-0.25, -0.2) is 13.8 Å². The summed E-state index contributed by atoms with van der Waals surface area (Å²) in [6, 6.07) is 13.2. The van der Waals surface area contributed by atoms with Crippen molar-refractivity contribution in [1.29, 1.82) is 0 Å². The summed E-state index contributed by atoms with van der Waals surface area (Å²) in [6.45, 7) is 1.39. The second-order valence-corrected chi connectivity index (χ2v) is 9.84. The van der Waals surface area contributed by atoms with E-state index in [2.05, 4.69) is 25.4 Å². The van der Waals surface area contributed by atoms with Gasteiger partial charge in [0.05, 0.1) is 5.52 Å². The predicted octanol–water partition coefficient (Wildman–Crippen LogP) is 4.45. The van der Waals surface area contributed by atoms with Gasteiger partial charge >= 0.3 is 0 Å². The first-order chi connectivity index (χ1) is 17.9. The van der Waals surface area contributed by atoms with Crippen molar-refractivity contribution >= 4 is 22.5 Å². The first-order valence-corrected chi connectivity index (χ1v) is 12.3. The standard InChI is InChI=1S/C28H26F2N6O/c1-35-15-17(12-21-23(29)3-2-4-24(21)30)11-20(16-35)32-28(37)19-5-6-25-22(13-19)27(34-33-25)18-7-9-36-10-8-31-26(36)14-18/h2-10,13-14,17,20H,11-12,15-16H2,1H3,(H,32,37)(H,33,34)/t17-,20+/m1/s1. The summed E-state index contributed by atoms with van der Waals surface area (Å²) >= 11 is 0. The van der Waals surface area contributed by atoms with Crippen LogP contribution in [-0.4, -0.2) is 56.6 Å². The number of aromatic amines is 1. The van der Waals surface area contributed by atoms with Crippen LogP contribution in [0.5, 0.6) is 0 Å². The molecular formula is C28H26F2N6O. The second kappa shape index (κ2) is 9.40. The highest BCUT2D eigenvalue weighted by atomic mass is 19.1. The van der Waals surface area contributed by atoms with E-state index >= 15 is 0 Å². The number of amides is 1. The Hall–Kier alpha value is -4.11. The molecule has 5 aromatic rings. The van der Waals surface area contributed by atoms with Crippen molar-refractivity contribution in [2.24, 2.45) is 5.92 Å². The monoisotopic (exact) mass is 500 g/mol. The normalized spacial score (nSPS) is 18.5. The molecule has 3 aromatic heterocycles. The summed E-state index contributed by atoms with van der Waals surface area (Å²) in [7, 11) is 1.96. The zero-order chi connectivity index (χ0) is 25.5. The van der Waals surface area contributed by atoms with Gasteiger partial charge in [-0.1, -0.05) is 6.07 Å². The average Bonchev–Trinajstić information content (AvgIpc) is 3.52. The highest BCUT2D eigenvalue weighted by molar-refractivity contribution is 6.01. The minimum Gasteiger partial charge on any atom is -0.348 e. The Morgan fingerprint density at radius 1 is 1.11 bits per heavy atom. The number of likely N-dealkylation sites (N-methyl/N-ethyl adjacent to an activating group) is 1. The molecule has 6 rings (SSSR count). The van der Waals surface area contributed by atoms with Crippen molar-refractivity contribution in [3.8, 4) is 11.3 Å². The molecule has 0 bridgehead atoms. The molecule has 0 spiro atoms. The number of halogens is 2. The minimum atomic E-state index is -0.523. The molecule has 0 saturated carbocycles. The highest BCUT2D eigenvalue weighted by Crippen LogP contribution is 2.28. The summed E-state index contributed by atoms with van der Waals surface area (Å²) in [5.41, 5.74) is 3.94. The Balaban J connectivity index is 1.21. The smallest absolute Gasteiger partial charge is 0.251 e. The van der Waals surface area contributed by atoms with Crippen LogP contribution in [0, 0.1) is 17.6 Å². The zero-order valence-corrected chi connectivity index (χ0v) is 20.3. The number of likely N-dealkylation sites (tertiary alicyclic amines) is 1. The largest absolute Gasteiger partial charge is 0.348 e.